The van der Waals surface area contributed by atoms with Crippen molar-refractivity contribution in [3.05, 3.63) is 0 Å². The van der Waals surface area contributed by atoms with E-state index in [0.717, 1.165) is 12.3 Å². The molecular weight excluding hydrogens is 232 g/mol. The van der Waals surface area contributed by atoms with E-state index in [0.29, 0.717) is 13.0 Å². The number of urea groups is 1. The van der Waals surface area contributed by atoms with Crippen LogP contribution >= 0.6 is 0 Å². The third-order valence-electron chi connectivity index (χ3n) is 3.37. The lowest BCUT2D eigenvalue weighted by atomic mass is 9.83. The summed E-state index contributed by atoms with van der Waals surface area (Å²) in [7, 11) is 0. The highest BCUT2D eigenvalue weighted by Crippen LogP contribution is 2.28. The van der Waals surface area contributed by atoms with Crippen molar-refractivity contribution in [2.24, 2.45) is 11.8 Å². The predicted molar refractivity (Wildman–Crippen MR) is 69.4 cm³/mol. The summed E-state index contributed by atoms with van der Waals surface area (Å²) in [5.74, 6) is 0.00968. The Hall–Kier alpha value is -1.26. The van der Waals surface area contributed by atoms with Gasteiger partial charge in [0.05, 0.1) is 0 Å². The summed E-state index contributed by atoms with van der Waals surface area (Å²) in [5.41, 5.74) is 0. The highest BCUT2D eigenvalue weighted by atomic mass is 16.4. The van der Waals surface area contributed by atoms with Crippen LogP contribution in [0.5, 0.6) is 0 Å². The van der Waals surface area contributed by atoms with Gasteiger partial charge in [0.2, 0.25) is 0 Å². The van der Waals surface area contributed by atoms with Gasteiger partial charge in [-0.25, -0.2) is 9.59 Å². The molecule has 0 radical (unpaired) electrons. The molecular formula is C13H24N2O3. The van der Waals surface area contributed by atoms with Crippen LogP contribution in [0.2, 0.25) is 0 Å². The number of nitrogens with one attached hydrogen (secondary N) is 2. The van der Waals surface area contributed by atoms with Crippen LogP contribution < -0.4 is 10.6 Å². The normalized spacial score (nSPS) is 17.1. The minimum Gasteiger partial charge on any atom is -0.480 e. The molecule has 0 aromatic rings. The van der Waals surface area contributed by atoms with Gasteiger partial charge in [-0.15, -0.1) is 0 Å². The van der Waals surface area contributed by atoms with Crippen molar-refractivity contribution in [2.75, 3.05) is 6.54 Å². The van der Waals surface area contributed by atoms with Gasteiger partial charge >= 0.3 is 12.0 Å². The Bertz CT molecular complexity index is 288. The van der Waals surface area contributed by atoms with Crippen LogP contribution in [0.15, 0.2) is 0 Å². The van der Waals surface area contributed by atoms with E-state index in [4.69, 9.17) is 5.11 Å². The van der Waals surface area contributed by atoms with E-state index in [-0.39, 0.29) is 11.9 Å². The molecule has 0 saturated heterocycles. The highest BCUT2D eigenvalue weighted by Gasteiger charge is 2.21. The van der Waals surface area contributed by atoms with Crippen LogP contribution in [0.3, 0.4) is 0 Å². The summed E-state index contributed by atoms with van der Waals surface area (Å²) in [6, 6.07) is -1.17. The van der Waals surface area contributed by atoms with Gasteiger partial charge in [-0.3, -0.25) is 0 Å². The first-order valence-corrected chi connectivity index (χ1v) is 6.76. The van der Waals surface area contributed by atoms with Crippen molar-refractivity contribution in [3.63, 3.8) is 0 Å². The van der Waals surface area contributed by atoms with E-state index in [2.05, 4.69) is 10.6 Å². The molecule has 1 atom stereocenters. The zero-order valence-corrected chi connectivity index (χ0v) is 11.2. The van der Waals surface area contributed by atoms with E-state index >= 15 is 0 Å². The first-order valence-electron chi connectivity index (χ1n) is 6.76. The third kappa shape index (κ3) is 5.38. The zero-order valence-electron chi connectivity index (χ0n) is 11.2. The Kier molecular flexibility index (Phi) is 5.95. The van der Waals surface area contributed by atoms with Crippen molar-refractivity contribution in [3.8, 4) is 0 Å². The Labute approximate surface area is 108 Å². The second-order valence-electron chi connectivity index (χ2n) is 5.51. The van der Waals surface area contributed by atoms with Crippen LogP contribution in [0.25, 0.3) is 0 Å². The Morgan fingerprint density at radius 2 is 2.00 bits per heavy atom. The lowest BCUT2D eigenvalue weighted by Gasteiger charge is -2.25. The molecule has 0 aromatic heterocycles. The minimum atomic E-state index is -0.974. The van der Waals surface area contributed by atoms with Crippen LogP contribution in [-0.2, 0) is 4.79 Å². The van der Waals surface area contributed by atoms with Gasteiger partial charge in [0, 0.05) is 6.54 Å². The molecule has 1 saturated carbocycles. The van der Waals surface area contributed by atoms with Crippen LogP contribution in [0.4, 0.5) is 4.79 Å². The number of rotatable bonds is 7. The number of carboxylic acids is 1. The Morgan fingerprint density at radius 1 is 1.33 bits per heavy atom. The largest absolute Gasteiger partial charge is 0.480 e. The monoisotopic (exact) mass is 256 g/mol. The molecule has 104 valence electrons. The van der Waals surface area contributed by atoms with Gasteiger partial charge in [0.25, 0.3) is 0 Å². The summed E-state index contributed by atoms with van der Waals surface area (Å²) in [5, 5.41) is 14.2. The van der Waals surface area contributed by atoms with Gasteiger partial charge in [0.1, 0.15) is 6.04 Å². The van der Waals surface area contributed by atoms with Gasteiger partial charge in [-0.2, -0.15) is 0 Å². The standard InChI is InChI=1S/C13H24N2O3/c1-9(2)8-11(12(16)17)15-13(18)14-7-6-10-4-3-5-10/h9-11H,3-8H2,1-2H3,(H,16,17)(H2,14,15,18)/t11-/m1/s1. The van der Waals surface area contributed by atoms with Gasteiger partial charge < -0.3 is 15.7 Å². The molecule has 5 heteroatoms. The predicted octanol–water partition coefficient (Wildman–Crippen LogP) is 1.98. The molecule has 5 nitrogen and oxygen atoms in total. The number of hydrogen-bond acceptors (Lipinski definition) is 2. The number of hydrogen-bond donors (Lipinski definition) is 3. The summed E-state index contributed by atoms with van der Waals surface area (Å²) in [4.78, 5) is 22.5. The zero-order chi connectivity index (χ0) is 13.5. The van der Waals surface area contributed by atoms with Crippen LogP contribution in [0.1, 0.15) is 46.0 Å². The second-order valence-corrected chi connectivity index (χ2v) is 5.51. The minimum absolute atomic E-state index is 0.237. The molecule has 0 unspecified atom stereocenters. The van der Waals surface area contributed by atoms with Crippen LogP contribution in [-0.4, -0.2) is 29.7 Å². The molecule has 1 aliphatic carbocycles. The number of carbonyl (C=O) groups excluding carboxylic acids is 1. The van der Waals surface area contributed by atoms with E-state index in [1.807, 2.05) is 13.8 Å². The maximum atomic E-state index is 11.5. The average molecular weight is 256 g/mol. The molecule has 1 fully saturated rings. The van der Waals surface area contributed by atoms with E-state index in [9.17, 15) is 9.59 Å². The SMILES string of the molecule is CC(C)C[C@@H](NC(=O)NCCC1CCC1)C(=O)O. The fourth-order valence-electron chi connectivity index (χ4n) is 2.07. The second kappa shape index (κ2) is 7.24. The van der Waals surface area contributed by atoms with Crippen molar-refractivity contribution in [1.82, 2.24) is 10.6 Å². The van der Waals surface area contributed by atoms with Gasteiger partial charge in [-0.05, 0) is 24.7 Å². The first-order chi connectivity index (χ1) is 8.49. The third-order valence-corrected chi connectivity index (χ3v) is 3.37. The topological polar surface area (TPSA) is 78.4 Å². The number of carboxylic acid groups (broad SMARTS) is 1. The highest BCUT2D eigenvalue weighted by molar-refractivity contribution is 5.82. The maximum Gasteiger partial charge on any atom is 0.326 e. The smallest absolute Gasteiger partial charge is 0.326 e. The van der Waals surface area contributed by atoms with Crippen molar-refractivity contribution >= 4 is 12.0 Å². The number of aliphatic carboxylic acids is 1. The molecule has 0 bridgehead atoms. The van der Waals surface area contributed by atoms with E-state index < -0.39 is 12.0 Å². The van der Waals surface area contributed by atoms with Gasteiger partial charge in [0.15, 0.2) is 0 Å². The number of carbonyl (C=O) groups is 2. The lowest BCUT2D eigenvalue weighted by Crippen LogP contribution is -2.47. The van der Waals surface area contributed by atoms with E-state index in [1.165, 1.54) is 19.3 Å². The summed E-state index contributed by atoms with van der Waals surface area (Å²) in [6.45, 7) is 4.50. The summed E-state index contributed by atoms with van der Waals surface area (Å²) < 4.78 is 0. The van der Waals surface area contributed by atoms with E-state index in [1.54, 1.807) is 0 Å². The van der Waals surface area contributed by atoms with Crippen molar-refractivity contribution in [1.29, 1.82) is 0 Å². The maximum absolute atomic E-state index is 11.5. The first kappa shape index (κ1) is 14.8. The lowest BCUT2D eigenvalue weighted by molar-refractivity contribution is -0.139. The van der Waals surface area contributed by atoms with Crippen LogP contribution in [0, 0.1) is 11.8 Å². The number of amides is 2. The molecule has 1 rings (SSSR count). The molecule has 18 heavy (non-hydrogen) atoms. The van der Waals surface area contributed by atoms with Crippen molar-refractivity contribution in [2.45, 2.75) is 52.0 Å². The summed E-state index contributed by atoms with van der Waals surface area (Å²) >= 11 is 0. The fourth-order valence-corrected chi connectivity index (χ4v) is 2.07. The molecule has 0 aromatic carbocycles. The Balaban J connectivity index is 2.20. The average Bonchev–Trinajstić information content (AvgIpc) is 2.20. The fraction of sp³-hybridized carbons (Fsp3) is 0.846. The molecule has 1 aliphatic rings. The molecule has 0 heterocycles. The molecule has 0 aliphatic heterocycles. The van der Waals surface area contributed by atoms with Crippen molar-refractivity contribution < 1.29 is 14.7 Å². The molecule has 3 N–H and O–H groups in total. The molecule has 0 spiro atoms. The quantitative estimate of drug-likeness (QED) is 0.651. The summed E-state index contributed by atoms with van der Waals surface area (Å²) in [6.07, 6.45) is 5.26. The Morgan fingerprint density at radius 3 is 2.44 bits per heavy atom. The van der Waals surface area contributed by atoms with Gasteiger partial charge in [-0.1, -0.05) is 33.1 Å². The molecule has 2 amide bonds.